The number of carbonyl (C=O) groups excluding carboxylic acids is 1. The van der Waals surface area contributed by atoms with E-state index in [-0.39, 0.29) is 46.4 Å². The molecule has 0 unspecified atom stereocenters. The number of piperazine rings is 1. The number of allylic oxidation sites excluding steroid dienone is 1. The van der Waals surface area contributed by atoms with Crippen molar-refractivity contribution in [1.29, 1.82) is 0 Å². The van der Waals surface area contributed by atoms with Crippen molar-refractivity contribution < 1.29 is 36.6 Å². The van der Waals surface area contributed by atoms with Gasteiger partial charge >= 0.3 is 0 Å². The van der Waals surface area contributed by atoms with Gasteiger partial charge < -0.3 is 28.8 Å². The third kappa shape index (κ3) is 10.3. The largest absolute Gasteiger partial charge is 0.489 e. The van der Waals surface area contributed by atoms with Gasteiger partial charge in [-0.3, -0.25) is 14.6 Å². The first-order chi connectivity index (χ1) is 32.4. The predicted molar refractivity (Wildman–Crippen MR) is 257 cm³/mol. The summed E-state index contributed by atoms with van der Waals surface area (Å²) in [7, 11) is -4.43. The molecule has 0 radical (unpaired) electrons. The number of pyridine rings is 1. The van der Waals surface area contributed by atoms with Gasteiger partial charge in [0.25, 0.3) is 15.9 Å². The van der Waals surface area contributed by atoms with Gasteiger partial charge in [-0.2, -0.15) is 0 Å². The Balaban J connectivity index is 0.844. The summed E-state index contributed by atoms with van der Waals surface area (Å²) in [6, 6.07) is 21.6. The highest BCUT2D eigenvalue weighted by Crippen LogP contribution is 2.49. The number of nitrogens with zero attached hydrogens (tertiary/aromatic N) is 4. The lowest BCUT2D eigenvalue weighted by Gasteiger charge is -2.49. The molecule has 67 heavy (non-hydrogen) atoms. The average molecular weight is 974 g/mol. The van der Waals surface area contributed by atoms with Gasteiger partial charge in [0.1, 0.15) is 35.2 Å². The zero-order valence-electron chi connectivity index (χ0n) is 37.3. The number of piperidine rings is 1. The highest BCUT2D eigenvalue weighted by Gasteiger charge is 2.41. The summed E-state index contributed by atoms with van der Waals surface area (Å²) in [5.74, 6) is -0.221. The van der Waals surface area contributed by atoms with Gasteiger partial charge in [0.05, 0.1) is 40.9 Å². The van der Waals surface area contributed by atoms with Crippen LogP contribution in [0.1, 0.15) is 60.9 Å². The quantitative estimate of drug-likeness (QED) is 0.117. The molecule has 1 aliphatic carbocycles. The van der Waals surface area contributed by atoms with Gasteiger partial charge in [-0.1, -0.05) is 40.9 Å². The van der Waals surface area contributed by atoms with Crippen LogP contribution in [-0.4, -0.2) is 125 Å². The van der Waals surface area contributed by atoms with E-state index in [0.29, 0.717) is 36.1 Å². The molecule has 354 valence electrons. The van der Waals surface area contributed by atoms with Crippen LogP contribution in [0.3, 0.4) is 0 Å². The van der Waals surface area contributed by atoms with Crippen LogP contribution in [0.2, 0.25) is 10.0 Å². The van der Waals surface area contributed by atoms with Crippen LogP contribution in [0.15, 0.2) is 95.7 Å². The predicted octanol–water partition coefficient (Wildman–Crippen LogP) is 8.92. The number of likely N-dealkylation sites (tertiary alicyclic amines) is 1. The summed E-state index contributed by atoms with van der Waals surface area (Å²) in [5, 5.41) is 1.51. The van der Waals surface area contributed by atoms with Gasteiger partial charge in [0, 0.05) is 87.1 Å². The van der Waals surface area contributed by atoms with E-state index in [1.165, 1.54) is 54.2 Å². The third-order valence-electron chi connectivity index (χ3n) is 14.4. The summed E-state index contributed by atoms with van der Waals surface area (Å²) in [6.07, 6.45) is 9.50. The number of nitrogens with one attached hydrogen (secondary N) is 2. The van der Waals surface area contributed by atoms with E-state index < -0.39 is 21.6 Å². The minimum atomic E-state index is -4.43. The molecule has 5 aliphatic rings. The fourth-order valence-corrected chi connectivity index (χ4v) is 11.6. The van der Waals surface area contributed by atoms with Gasteiger partial charge in [-0.25, -0.2) is 22.5 Å². The monoisotopic (exact) mass is 972 g/mol. The van der Waals surface area contributed by atoms with Crippen LogP contribution in [0.25, 0.3) is 16.6 Å². The first-order valence-electron chi connectivity index (χ1n) is 23.2. The number of sulfonamides is 1. The van der Waals surface area contributed by atoms with Crippen LogP contribution >= 0.6 is 23.2 Å². The minimum Gasteiger partial charge on any atom is -0.489 e. The summed E-state index contributed by atoms with van der Waals surface area (Å²) in [5.41, 5.74) is 4.51. The number of benzene rings is 3. The molecule has 0 saturated carbocycles. The second kappa shape index (κ2) is 19.3. The van der Waals surface area contributed by atoms with Crippen molar-refractivity contribution in [3.8, 4) is 17.2 Å². The molecule has 0 atom stereocenters. The Hall–Kier alpha value is -4.74. The second-order valence-corrected chi connectivity index (χ2v) is 21.2. The third-order valence-corrected chi connectivity index (χ3v) is 16.3. The summed E-state index contributed by atoms with van der Waals surface area (Å²) in [6.45, 7) is 8.37. The Kier molecular flexibility index (Phi) is 13.3. The number of alkyl halides is 1. The summed E-state index contributed by atoms with van der Waals surface area (Å²) >= 11 is 12.8. The van der Waals surface area contributed by atoms with Crippen molar-refractivity contribution >= 4 is 61.4 Å². The number of rotatable bonds is 13. The molecule has 2 N–H and O–H groups in total. The van der Waals surface area contributed by atoms with Gasteiger partial charge in [0.15, 0.2) is 0 Å². The van der Waals surface area contributed by atoms with Crippen LogP contribution in [0.4, 0.5) is 10.1 Å². The maximum absolute atomic E-state index is 15.2. The SMILES string of the molecule is O=C(NS(=O)(=O)c1ccc(OCC2(F)CCOCC2)c(Cl)c1)c1ccc(N2CCN(CC3=C(c4ccc(Cl)cc4)CCC4(CCN(C5COC5)CC4)C3)CC2)cc1Oc1cnc2[nH]ccc2c1. The van der Waals surface area contributed by atoms with E-state index in [1.54, 1.807) is 30.6 Å². The molecule has 4 aliphatic heterocycles. The summed E-state index contributed by atoms with van der Waals surface area (Å²) < 4.78 is 67.5. The molecule has 10 rings (SSSR count). The first kappa shape index (κ1) is 46.0. The van der Waals surface area contributed by atoms with Gasteiger partial charge in [-0.05, 0) is 116 Å². The zero-order valence-corrected chi connectivity index (χ0v) is 39.6. The number of fused-ring (bicyclic) bond motifs is 1. The molecule has 13 nitrogen and oxygen atoms in total. The fourth-order valence-electron chi connectivity index (χ4n) is 10.2. The number of hydrogen-bond acceptors (Lipinski definition) is 11. The molecule has 2 aromatic heterocycles. The molecule has 1 spiro atoms. The van der Waals surface area contributed by atoms with Crippen LogP contribution in [-0.2, 0) is 19.5 Å². The van der Waals surface area contributed by atoms with E-state index in [9.17, 15) is 13.2 Å². The Morgan fingerprint density at radius 1 is 0.881 bits per heavy atom. The van der Waals surface area contributed by atoms with Crippen molar-refractivity contribution in [3.63, 3.8) is 0 Å². The van der Waals surface area contributed by atoms with E-state index in [1.807, 2.05) is 24.3 Å². The molecular weight excluding hydrogens is 919 g/mol. The Bertz CT molecular complexity index is 2750. The molecule has 17 heteroatoms. The lowest BCUT2D eigenvalue weighted by atomic mass is 9.65. The zero-order chi connectivity index (χ0) is 46.2. The average Bonchev–Trinajstić information content (AvgIpc) is 3.78. The number of aromatic nitrogens is 2. The molecule has 6 heterocycles. The molecule has 0 bridgehead atoms. The smallest absolute Gasteiger partial charge is 0.268 e. The second-order valence-electron chi connectivity index (χ2n) is 18.7. The molecular formula is C50H55Cl2FN6O7S. The number of ether oxygens (including phenoxy) is 4. The Morgan fingerprint density at radius 2 is 1.66 bits per heavy atom. The van der Waals surface area contributed by atoms with Crippen molar-refractivity contribution in [3.05, 3.63) is 112 Å². The molecule has 4 fully saturated rings. The lowest BCUT2D eigenvalue weighted by Crippen LogP contribution is -2.54. The number of anilines is 1. The molecule has 5 aromatic rings. The summed E-state index contributed by atoms with van der Waals surface area (Å²) in [4.78, 5) is 28.7. The maximum Gasteiger partial charge on any atom is 0.268 e. The highest BCUT2D eigenvalue weighted by molar-refractivity contribution is 7.90. The Labute approximate surface area is 400 Å². The van der Waals surface area contributed by atoms with E-state index in [2.05, 4.69) is 41.5 Å². The normalized spacial score (nSPS) is 20.5. The fraction of sp³-hybridized carbons (Fsp3) is 0.440. The van der Waals surface area contributed by atoms with Crippen molar-refractivity contribution in [2.75, 3.05) is 83.7 Å². The number of carbonyl (C=O) groups is 1. The number of halogens is 3. The van der Waals surface area contributed by atoms with Crippen LogP contribution in [0, 0.1) is 5.41 Å². The maximum atomic E-state index is 15.2. The number of aromatic amines is 1. The lowest BCUT2D eigenvalue weighted by molar-refractivity contribution is -0.0825. The van der Waals surface area contributed by atoms with E-state index >= 15 is 4.39 Å². The Morgan fingerprint density at radius 3 is 2.39 bits per heavy atom. The van der Waals surface area contributed by atoms with E-state index in [0.717, 1.165) is 88.0 Å². The van der Waals surface area contributed by atoms with Gasteiger partial charge in [-0.15, -0.1) is 0 Å². The van der Waals surface area contributed by atoms with Crippen LogP contribution < -0.4 is 19.1 Å². The molecule has 4 saturated heterocycles. The minimum absolute atomic E-state index is 0.00984. The van der Waals surface area contributed by atoms with Crippen molar-refractivity contribution in [2.45, 2.75) is 61.6 Å². The topological polar surface area (TPSA) is 139 Å². The van der Waals surface area contributed by atoms with Gasteiger partial charge in [0.2, 0.25) is 0 Å². The first-order valence-corrected chi connectivity index (χ1v) is 25.4. The highest BCUT2D eigenvalue weighted by atomic mass is 35.5. The standard InChI is InChI=1S/C50H55Cl2FN6O7S/c51-37-3-1-34(2-4-37)42-9-11-49(12-17-58(18-13-49)39-31-64-32-39)28-36(42)30-57-19-21-59(22-20-57)38-5-7-43(46(26-38)66-40-25-35-10-16-54-47(35)55-29-40)48(60)56-67(61,62)41-6-8-45(44(52)27-41)65-33-50(53)14-23-63-24-15-50/h1-8,10,16,25-27,29,39H,9,11-15,17-24,28,30-33H2,(H,54,55)(H,56,60). The number of H-pyrrole nitrogens is 1. The number of amides is 1. The number of hydrogen-bond donors (Lipinski definition) is 2. The molecule has 1 amide bonds. The van der Waals surface area contributed by atoms with Crippen molar-refractivity contribution in [2.24, 2.45) is 5.41 Å². The molecule has 3 aromatic carbocycles. The van der Waals surface area contributed by atoms with E-state index in [4.69, 9.17) is 42.1 Å². The van der Waals surface area contributed by atoms with Crippen LogP contribution in [0.5, 0.6) is 17.2 Å². The van der Waals surface area contributed by atoms with Crippen molar-refractivity contribution in [1.82, 2.24) is 24.5 Å².